The van der Waals surface area contributed by atoms with Gasteiger partial charge in [0.15, 0.2) is 23.3 Å². The van der Waals surface area contributed by atoms with E-state index in [0.717, 1.165) is 30.4 Å². The number of hydrogen-bond acceptors (Lipinski definition) is 1. The summed E-state index contributed by atoms with van der Waals surface area (Å²) in [6.07, 6.45) is 7.71. The molecule has 0 bridgehead atoms. The molecule has 0 spiro atoms. The predicted octanol–water partition coefficient (Wildman–Crippen LogP) is 14.1. The van der Waals surface area contributed by atoms with Gasteiger partial charge in [-0.3, -0.25) is 0 Å². The van der Waals surface area contributed by atoms with Crippen molar-refractivity contribution in [2.75, 3.05) is 0 Å². The number of aryl methyl sites for hydroxylation is 4. The number of rotatable bonds is 10. The van der Waals surface area contributed by atoms with E-state index in [0.29, 0.717) is 5.92 Å². The van der Waals surface area contributed by atoms with E-state index >= 15 is 0 Å². The summed E-state index contributed by atoms with van der Waals surface area (Å²) in [5.74, 6) is 1.78. The standard InChI is InChI=1S/C58H58FN3SSi/c1-10-49-46(44-17-11-12-18-45(44)52-34-42(31-36(2)3)54(35-61(49)52)64(7,8)9)29-25-40-26-30-48-47-19-13-16-22-53(47)63-57(48)55(40)58-60(6)50-20-14-15-21-51(50)62(58)56-37(4)32-41(33-38(56)5)39-23-27-43(59)28-24-39/h10-24,26-28,30,32-36,46,49H,1,25,29,31H2,2-9H3/q+2. The molecule has 0 saturated carbocycles. The van der Waals surface area contributed by atoms with Crippen LogP contribution >= 0.6 is 11.3 Å². The summed E-state index contributed by atoms with van der Waals surface area (Å²) >= 11 is 1.91. The van der Waals surface area contributed by atoms with Gasteiger partial charge in [-0.2, -0.15) is 9.13 Å². The topological polar surface area (TPSA) is 12.7 Å². The first-order valence-electron chi connectivity index (χ1n) is 22.9. The molecule has 3 nitrogen and oxygen atoms in total. The zero-order chi connectivity index (χ0) is 44.6. The van der Waals surface area contributed by atoms with Crippen LogP contribution < -0.4 is 14.3 Å². The zero-order valence-corrected chi connectivity index (χ0v) is 40.3. The molecule has 6 heteroatoms. The summed E-state index contributed by atoms with van der Waals surface area (Å²) in [4.78, 5) is 0. The van der Waals surface area contributed by atoms with Crippen molar-refractivity contribution < 1.29 is 13.5 Å². The Balaban J connectivity index is 1.17. The van der Waals surface area contributed by atoms with E-state index in [1.807, 2.05) is 23.5 Å². The Bertz CT molecular complexity index is 3270. The first-order valence-corrected chi connectivity index (χ1v) is 27.2. The minimum Gasteiger partial charge on any atom is -0.225 e. The molecule has 0 fully saturated rings. The number of benzene rings is 6. The van der Waals surface area contributed by atoms with Crippen molar-refractivity contribution in [1.82, 2.24) is 4.57 Å². The average Bonchev–Trinajstić information content (AvgIpc) is 3.79. The lowest BCUT2D eigenvalue weighted by Gasteiger charge is -2.31. The first-order chi connectivity index (χ1) is 30.8. The Morgan fingerprint density at radius 2 is 1.50 bits per heavy atom. The number of para-hydroxylation sites is 2. The second-order valence-corrected chi connectivity index (χ2v) is 25.6. The van der Waals surface area contributed by atoms with Crippen molar-refractivity contribution in [3.63, 3.8) is 0 Å². The van der Waals surface area contributed by atoms with E-state index in [1.54, 1.807) is 17.3 Å². The summed E-state index contributed by atoms with van der Waals surface area (Å²) < 4.78 is 24.2. The molecule has 0 radical (unpaired) electrons. The third-order valence-corrected chi connectivity index (χ3v) is 17.0. The summed E-state index contributed by atoms with van der Waals surface area (Å²) in [7, 11) is 0.567. The Labute approximate surface area is 382 Å². The van der Waals surface area contributed by atoms with Crippen molar-refractivity contribution >= 4 is 55.8 Å². The molecule has 0 amide bonds. The van der Waals surface area contributed by atoms with Gasteiger partial charge in [0, 0.05) is 32.3 Å². The minimum absolute atomic E-state index is 0.122. The van der Waals surface area contributed by atoms with Gasteiger partial charge < -0.3 is 0 Å². The molecule has 64 heavy (non-hydrogen) atoms. The number of nitrogens with zero attached hydrogens (tertiary/aromatic N) is 3. The number of aromatic nitrogens is 3. The Kier molecular flexibility index (Phi) is 10.7. The number of pyridine rings is 1. The molecular formula is C58H58FN3SSi+2. The molecule has 0 saturated heterocycles. The third kappa shape index (κ3) is 7.06. The third-order valence-electron chi connectivity index (χ3n) is 13.7. The van der Waals surface area contributed by atoms with Crippen LogP contribution in [0.25, 0.3) is 70.7 Å². The van der Waals surface area contributed by atoms with Crippen LogP contribution in [-0.2, 0) is 19.9 Å². The maximum Gasteiger partial charge on any atom is 0.296 e. The van der Waals surface area contributed by atoms with Crippen LogP contribution in [0.4, 0.5) is 4.39 Å². The lowest BCUT2D eigenvalue weighted by Crippen LogP contribution is -2.53. The fraction of sp³-hybridized carbons (Fsp3) is 0.241. The predicted molar refractivity (Wildman–Crippen MR) is 272 cm³/mol. The largest absolute Gasteiger partial charge is 0.296 e. The number of imidazole rings is 1. The van der Waals surface area contributed by atoms with Gasteiger partial charge in [0.2, 0.25) is 5.69 Å². The van der Waals surface area contributed by atoms with Gasteiger partial charge in [0.1, 0.15) is 11.5 Å². The van der Waals surface area contributed by atoms with E-state index in [1.165, 1.54) is 87.4 Å². The van der Waals surface area contributed by atoms with Gasteiger partial charge in [-0.05, 0) is 133 Å². The average molecular weight is 876 g/mol. The van der Waals surface area contributed by atoms with Gasteiger partial charge in [-0.1, -0.05) is 113 Å². The van der Waals surface area contributed by atoms with Gasteiger partial charge in [0.25, 0.3) is 5.82 Å². The Morgan fingerprint density at radius 3 is 2.23 bits per heavy atom. The number of hydrogen-bond donors (Lipinski definition) is 0. The molecule has 0 aliphatic carbocycles. The van der Waals surface area contributed by atoms with Crippen LogP contribution in [0.15, 0.2) is 146 Å². The van der Waals surface area contributed by atoms with E-state index in [9.17, 15) is 4.39 Å². The van der Waals surface area contributed by atoms with Gasteiger partial charge in [-0.15, -0.1) is 11.3 Å². The fourth-order valence-electron chi connectivity index (χ4n) is 10.9. The number of fused-ring (bicyclic) bond motifs is 7. The second-order valence-electron chi connectivity index (χ2n) is 19.6. The van der Waals surface area contributed by atoms with Crippen LogP contribution in [0.5, 0.6) is 0 Å². The number of halogens is 1. The molecule has 3 aromatic heterocycles. The van der Waals surface area contributed by atoms with Crippen LogP contribution in [0.3, 0.4) is 0 Å². The lowest BCUT2D eigenvalue weighted by molar-refractivity contribution is -0.706. The van der Waals surface area contributed by atoms with Crippen LogP contribution in [0, 0.1) is 25.6 Å². The smallest absolute Gasteiger partial charge is 0.225 e. The molecule has 2 atom stereocenters. The fourth-order valence-corrected chi connectivity index (χ4v) is 13.9. The van der Waals surface area contributed by atoms with E-state index < -0.39 is 8.07 Å². The number of allylic oxidation sites excluding steroid dienone is 1. The Hall–Kier alpha value is -5.95. The molecule has 0 N–H and O–H groups in total. The monoisotopic (exact) mass is 875 g/mol. The molecule has 1 aliphatic rings. The van der Waals surface area contributed by atoms with Crippen LogP contribution in [0.1, 0.15) is 60.0 Å². The van der Waals surface area contributed by atoms with Gasteiger partial charge in [0.05, 0.1) is 31.3 Å². The van der Waals surface area contributed by atoms with E-state index in [-0.39, 0.29) is 17.8 Å². The highest BCUT2D eigenvalue weighted by molar-refractivity contribution is 7.26. The van der Waals surface area contributed by atoms with Crippen molar-refractivity contribution in [2.45, 2.75) is 78.6 Å². The van der Waals surface area contributed by atoms with E-state index in [4.69, 9.17) is 0 Å². The molecule has 6 aromatic carbocycles. The molecule has 2 unspecified atom stereocenters. The van der Waals surface area contributed by atoms with Crippen molar-refractivity contribution in [3.05, 3.63) is 180 Å². The second kappa shape index (κ2) is 16.2. The minimum atomic E-state index is -1.67. The summed E-state index contributed by atoms with van der Waals surface area (Å²) in [5.41, 5.74) is 16.2. The van der Waals surface area contributed by atoms with Crippen molar-refractivity contribution in [1.29, 1.82) is 0 Å². The normalized spacial score (nSPS) is 15.0. The lowest BCUT2D eigenvalue weighted by atomic mass is 9.79. The maximum atomic E-state index is 14.0. The summed E-state index contributed by atoms with van der Waals surface area (Å²) in [6, 6.07) is 45.7. The quantitative estimate of drug-likeness (QED) is 0.0738. The summed E-state index contributed by atoms with van der Waals surface area (Å²) in [6.45, 7) is 21.1. The maximum absolute atomic E-state index is 14.0. The molecule has 320 valence electrons. The highest BCUT2D eigenvalue weighted by Gasteiger charge is 2.41. The molecule has 9 aromatic rings. The van der Waals surface area contributed by atoms with Crippen molar-refractivity contribution in [3.8, 4) is 39.5 Å². The summed E-state index contributed by atoms with van der Waals surface area (Å²) in [5, 5.41) is 4.15. The Morgan fingerprint density at radius 1 is 0.797 bits per heavy atom. The number of thiophene rings is 1. The van der Waals surface area contributed by atoms with Crippen molar-refractivity contribution in [2.24, 2.45) is 13.0 Å². The van der Waals surface area contributed by atoms with Gasteiger partial charge in [-0.25, -0.2) is 8.96 Å². The van der Waals surface area contributed by atoms with Crippen LogP contribution in [0.2, 0.25) is 19.6 Å². The highest BCUT2D eigenvalue weighted by atomic mass is 32.1. The molecular weight excluding hydrogens is 818 g/mol. The van der Waals surface area contributed by atoms with E-state index in [2.05, 4.69) is 190 Å². The zero-order valence-electron chi connectivity index (χ0n) is 38.5. The molecule has 4 heterocycles. The molecule has 1 aliphatic heterocycles. The van der Waals surface area contributed by atoms with Gasteiger partial charge >= 0.3 is 0 Å². The highest BCUT2D eigenvalue weighted by Crippen LogP contribution is 2.46. The first kappa shape index (κ1) is 42.0. The molecule has 10 rings (SSSR count). The SMILES string of the molecule is C=CC1C(CCc2ccc3c(sc4ccccc43)c2-c2n(-c3c(C)cc(-c4ccc(F)cc4)cc3C)c3ccccc3[n+]2C)c2ccccc2-c2cc(CC(C)C)c([Si](C)(C)C)c[n+]21. The van der Waals surface area contributed by atoms with Crippen LogP contribution in [-0.4, -0.2) is 12.6 Å².